The monoisotopic (exact) mass is 208 g/mol. The lowest BCUT2D eigenvalue weighted by molar-refractivity contribution is 0.317. The van der Waals surface area contributed by atoms with Gasteiger partial charge in [-0.05, 0) is 30.7 Å². The molecule has 1 aromatic rings. The van der Waals surface area contributed by atoms with Crippen LogP contribution in [0.1, 0.15) is 18.9 Å². The number of halogens is 1. The summed E-state index contributed by atoms with van der Waals surface area (Å²) in [6, 6.07) is 7.72. The summed E-state index contributed by atoms with van der Waals surface area (Å²) >= 11 is 5.45. The Morgan fingerprint density at radius 3 is 2.57 bits per heavy atom. The largest absolute Gasteiger partial charge is 0.494 e. The topological polar surface area (TPSA) is 9.23 Å². The van der Waals surface area contributed by atoms with Crippen LogP contribution in [0, 0.1) is 11.8 Å². The van der Waals surface area contributed by atoms with E-state index in [0.29, 0.717) is 5.88 Å². The van der Waals surface area contributed by atoms with E-state index in [2.05, 4.69) is 18.8 Å². The van der Waals surface area contributed by atoms with E-state index in [9.17, 15) is 0 Å². The van der Waals surface area contributed by atoms with Gasteiger partial charge in [0.15, 0.2) is 0 Å². The number of rotatable bonds is 3. The molecule has 0 spiro atoms. The molecule has 1 rings (SSSR count). The van der Waals surface area contributed by atoms with Crippen LogP contribution in [-0.4, -0.2) is 12.5 Å². The first kappa shape index (κ1) is 10.9. The van der Waals surface area contributed by atoms with E-state index in [1.54, 1.807) is 0 Å². The molecule has 0 heterocycles. The SMILES string of the molecule is CCCOc1ccc(C#CCCl)cc1. The lowest BCUT2D eigenvalue weighted by atomic mass is 10.2. The Hall–Kier alpha value is -1.13. The molecular formula is C12H13ClO. The first-order chi connectivity index (χ1) is 6.86. The molecule has 0 saturated carbocycles. The molecule has 0 N–H and O–H groups in total. The van der Waals surface area contributed by atoms with Gasteiger partial charge >= 0.3 is 0 Å². The summed E-state index contributed by atoms with van der Waals surface area (Å²) in [5.41, 5.74) is 0.967. The van der Waals surface area contributed by atoms with E-state index in [1.165, 1.54) is 0 Å². The minimum Gasteiger partial charge on any atom is -0.494 e. The highest BCUT2D eigenvalue weighted by atomic mass is 35.5. The van der Waals surface area contributed by atoms with Crippen LogP contribution >= 0.6 is 11.6 Å². The smallest absolute Gasteiger partial charge is 0.119 e. The minimum atomic E-state index is 0.369. The highest BCUT2D eigenvalue weighted by Gasteiger charge is 1.91. The molecule has 0 atom stereocenters. The van der Waals surface area contributed by atoms with E-state index in [1.807, 2.05) is 24.3 Å². The van der Waals surface area contributed by atoms with E-state index in [0.717, 1.165) is 24.3 Å². The maximum Gasteiger partial charge on any atom is 0.119 e. The van der Waals surface area contributed by atoms with Crippen molar-refractivity contribution in [2.24, 2.45) is 0 Å². The van der Waals surface area contributed by atoms with Crippen molar-refractivity contribution in [3.63, 3.8) is 0 Å². The molecular weight excluding hydrogens is 196 g/mol. The van der Waals surface area contributed by atoms with Gasteiger partial charge < -0.3 is 4.74 Å². The summed E-state index contributed by atoms with van der Waals surface area (Å²) in [4.78, 5) is 0. The van der Waals surface area contributed by atoms with E-state index < -0.39 is 0 Å². The van der Waals surface area contributed by atoms with Gasteiger partial charge in [-0.15, -0.1) is 11.6 Å². The van der Waals surface area contributed by atoms with Crippen molar-refractivity contribution in [1.29, 1.82) is 0 Å². The van der Waals surface area contributed by atoms with Crippen molar-refractivity contribution in [3.8, 4) is 17.6 Å². The second-order valence-electron chi connectivity index (χ2n) is 2.81. The fourth-order valence-electron chi connectivity index (χ4n) is 0.990. The molecule has 0 aliphatic heterocycles. The number of hydrogen-bond donors (Lipinski definition) is 0. The van der Waals surface area contributed by atoms with Crippen molar-refractivity contribution < 1.29 is 4.74 Å². The third-order valence-corrected chi connectivity index (χ3v) is 1.76. The zero-order valence-corrected chi connectivity index (χ0v) is 8.97. The Morgan fingerprint density at radius 2 is 2.00 bits per heavy atom. The number of ether oxygens (including phenoxy) is 1. The average Bonchev–Trinajstić information content (AvgIpc) is 2.25. The molecule has 1 aromatic carbocycles. The third-order valence-electron chi connectivity index (χ3n) is 1.63. The van der Waals surface area contributed by atoms with Crippen molar-refractivity contribution in [1.82, 2.24) is 0 Å². The second-order valence-corrected chi connectivity index (χ2v) is 3.08. The highest BCUT2D eigenvalue weighted by Crippen LogP contribution is 2.11. The predicted molar refractivity (Wildman–Crippen MR) is 59.8 cm³/mol. The molecule has 2 heteroatoms. The van der Waals surface area contributed by atoms with Crippen LogP contribution in [0.5, 0.6) is 5.75 Å². The molecule has 0 saturated heterocycles. The zero-order chi connectivity index (χ0) is 10.2. The Balaban J connectivity index is 2.59. The second kappa shape index (κ2) is 6.34. The summed E-state index contributed by atoms with van der Waals surface area (Å²) in [6.07, 6.45) is 1.02. The van der Waals surface area contributed by atoms with Gasteiger partial charge in [-0.1, -0.05) is 18.8 Å². The van der Waals surface area contributed by atoms with Crippen LogP contribution in [0.2, 0.25) is 0 Å². The van der Waals surface area contributed by atoms with Crippen LogP contribution in [0.25, 0.3) is 0 Å². The van der Waals surface area contributed by atoms with Crippen LogP contribution in [0.15, 0.2) is 24.3 Å². The normalized spacial score (nSPS) is 9.00. The maximum absolute atomic E-state index is 5.45. The van der Waals surface area contributed by atoms with Gasteiger partial charge in [-0.25, -0.2) is 0 Å². The predicted octanol–water partition coefficient (Wildman–Crippen LogP) is 3.07. The van der Waals surface area contributed by atoms with Gasteiger partial charge in [0.1, 0.15) is 5.75 Å². The van der Waals surface area contributed by atoms with E-state index >= 15 is 0 Å². The summed E-state index contributed by atoms with van der Waals surface area (Å²) < 4.78 is 5.44. The first-order valence-corrected chi connectivity index (χ1v) is 5.18. The summed E-state index contributed by atoms with van der Waals surface area (Å²) in [5, 5.41) is 0. The first-order valence-electron chi connectivity index (χ1n) is 4.64. The van der Waals surface area contributed by atoms with Gasteiger partial charge in [-0.3, -0.25) is 0 Å². The fraction of sp³-hybridized carbons (Fsp3) is 0.333. The number of alkyl halides is 1. The highest BCUT2D eigenvalue weighted by molar-refractivity contribution is 6.19. The fourth-order valence-corrected chi connectivity index (χ4v) is 1.06. The van der Waals surface area contributed by atoms with Crippen LogP contribution < -0.4 is 4.74 Å². The van der Waals surface area contributed by atoms with Gasteiger partial charge in [0.2, 0.25) is 0 Å². The van der Waals surface area contributed by atoms with Crippen molar-refractivity contribution in [2.45, 2.75) is 13.3 Å². The molecule has 0 aliphatic carbocycles. The molecule has 0 aromatic heterocycles. The molecule has 0 aliphatic rings. The van der Waals surface area contributed by atoms with Gasteiger partial charge in [0.05, 0.1) is 12.5 Å². The molecule has 0 amide bonds. The Labute approximate surface area is 90.0 Å². The van der Waals surface area contributed by atoms with Gasteiger partial charge in [-0.2, -0.15) is 0 Å². The maximum atomic E-state index is 5.45. The minimum absolute atomic E-state index is 0.369. The molecule has 0 bridgehead atoms. The Kier molecular flexibility index (Phi) is 4.96. The van der Waals surface area contributed by atoms with Crippen molar-refractivity contribution in [2.75, 3.05) is 12.5 Å². The summed E-state index contributed by atoms with van der Waals surface area (Å²) in [5.74, 6) is 7.00. The Bertz CT molecular complexity index is 318. The average molecular weight is 209 g/mol. The quantitative estimate of drug-likeness (QED) is 0.548. The van der Waals surface area contributed by atoms with E-state index in [-0.39, 0.29) is 0 Å². The van der Waals surface area contributed by atoms with Gasteiger partial charge in [0.25, 0.3) is 0 Å². The molecule has 0 unspecified atom stereocenters. The van der Waals surface area contributed by atoms with E-state index in [4.69, 9.17) is 16.3 Å². The molecule has 14 heavy (non-hydrogen) atoms. The number of benzene rings is 1. The standard InChI is InChI=1S/C12H13ClO/c1-2-10-14-12-7-5-11(6-8-12)4-3-9-13/h5-8H,2,9-10H2,1H3. The zero-order valence-electron chi connectivity index (χ0n) is 8.22. The lowest BCUT2D eigenvalue weighted by Crippen LogP contribution is -1.94. The molecule has 1 nitrogen and oxygen atoms in total. The number of hydrogen-bond acceptors (Lipinski definition) is 1. The molecule has 0 radical (unpaired) electrons. The summed E-state index contributed by atoms with van der Waals surface area (Å²) in [7, 11) is 0. The summed E-state index contributed by atoms with van der Waals surface area (Å²) in [6.45, 7) is 2.84. The molecule has 74 valence electrons. The van der Waals surface area contributed by atoms with Gasteiger partial charge in [0, 0.05) is 5.56 Å². The van der Waals surface area contributed by atoms with Crippen molar-refractivity contribution in [3.05, 3.63) is 29.8 Å². The van der Waals surface area contributed by atoms with Crippen LogP contribution in [0.4, 0.5) is 0 Å². The Morgan fingerprint density at radius 1 is 1.29 bits per heavy atom. The van der Waals surface area contributed by atoms with Crippen LogP contribution in [-0.2, 0) is 0 Å². The van der Waals surface area contributed by atoms with Crippen molar-refractivity contribution >= 4 is 11.6 Å². The lowest BCUT2D eigenvalue weighted by Gasteiger charge is -2.03. The third kappa shape index (κ3) is 3.72. The molecule has 0 fully saturated rings. The van der Waals surface area contributed by atoms with Crippen LogP contribution in [0.3, 0.4) is 0 Å².